The quantitative estimate of drug-likeness (QED) is 0.278. The third-order valence-corrected chi connectivity index (χ3v) is 7.41. The van der Waals surface area contributed by atoms with Crippen molar-refractivity contribution in [1.29, 1.82) is 5.26 Å². The smallest absolute Gasteiger partial charge is 0.270 e. The average Bonchev–Trinajstić information content (AvgIpc) is 3.06. The Morgan fingerprint density at radius 3 is 2.51 bits per heavy atom. The van der Waals surface area contributed by atoms with Crippen molar-refractivity contribution in [3.8, 4) is 6.07 Å². The maximum atomic E-state index is 13.3. The molecule has 1 aromatic rings. The van der Waals surface area contributed by atoms with Crippen molar-refractivity contribution in [2.45, 2.75) is 66.2 Å². The SMILES string of the molecule is CCCn1c(N2CC(C)OC(C)C2)c(C=C2SC(=S)N(CCCOCC)C2=O)c(C)c(C#N)c1=O. The first-order chi connectivity index (χ1) is 16.7. The molecule has 0 bridgehead atoms. The van der Waals surface area contributed by atoms with E-state index in [9.17, 15) is 14.9 Å². The number of nitriles is 1. The van der Waals surface area contributed by atoms with Crippen LogP contribution >= 0.6 is 24.0 Å². The molecular formula is C25H34N4O4S2. The number of amides is 1. The van der Waals surface area contributed by atoms with Crippen molar-refractivity contribution in [2.24, 2.45) is 0 Å². The third kappa shape index (κ3) is 5.97. The number of aromatic nitrogens is 1. The van der Waals surface area contributed by atoms with Crippen LogP contribution in [-0.4, -0.2) is 64.8 Å². The highest BCUT2D eigenvalue weighted by atomic mass is 32.2. The van der Waals surface area contributed by atoms with Gasteiger partial charge in [0, 0.05) is 45.0 Å². The van der Waals surface area contributed by atoms with E-state index in [4.69, 9.17) is 21.7 Å². The van der Waals surface area contributed by atoms with Crippen LogP contribution in [0, 0.1) is 18.3 Å². The molecular weight excluding hydrogens is 484 g/mol. The van der Waals surface area contributed by atoms with E-state index in [2.05, 4.69) is 11.0 Å². The Hall–Kier alpha value is -2.19. The molecule has 3 heterocycles. The Bertz CT molecular complexity index is 1100. The summed E-state index contributed by atoms with van der Waals surface area (Å²) in [6.07, 6.45) is 3.20. The number of hydrogen-bond acceptors (Lipinski definition) is 8. The van der Waals surface area contributed by atoms with E-state index in [1.165, 1.54) is 11.8 Å². The number of thiocarbonyl (C=S) groups is 1. The van der Waals surface area contributed by atoms with Crippen molar-refractivity contribution >= 4 is 46.1 Å². The monoisotopic (exact) mass is 518 g/mol. The predicted molar refractivity (Wildman–Crippen MR) is 144 cm³/mol. The van der Waals surface area contributed by atoms with E-state index < -0.39 is 0 Å². The fourth-order valence-electron chi connectivity index (χ4n) is 4.56. The number of anilines is 1. The highest BCUT2D eigenvalue weighted by molar-refractivity contribution is 8.26. The van der Waals surface area contributed by atoms with Crippen molar-refractivity contribution in [3.05, 3.63) is 31.9 Å². The molecule has 190 valence electrons. The van der Waals surface area contributed by atoms with E-state index in [1.54, 1.807) is 16.4 Å². The number of carbonyl (C=O) groups excluding carboxylic acids is 1. The van der Waals surface area contributed by atoms with Crippen LogP contribution in [0.15, 0.2) is 9.70 Å². The van der Waals surface area contributed by atoms with Crippen LogP contribution in [-0.2, 0) is 20.8 Å². The molecule has 2 aliphatic rings. The summed E-state index contributed by atoms with van der Waals surface area (Å²) in [6, 6.07) is 2.10. The number of rotatable bonds is 9. The molecule has 2 saturated heterocycles. The summed E-state index contributed by atoms with van der Waals surface area (Å²) in [5.74, 6) is 0.578. The van der Waals surface area contributed by atoms with Gasteiger partial charge in [-0.1, -0.05) is 30.9 Å². The normalized spacial score (nSPS) is 21.8. The number of thioether (sulfide) groups is 1. The van der Waals surface area contributed by atoms with Gasteiger partial charge in [-0.3, -0.25) is 19.1 Å². The summed E-state index contributed by atoms with van der Waals surface area (Å²) in [4.78, 5) is 30.8. The summed E-state index contributed by atoms with van der Waals surface area (Å²) in [7, 11) is 0. The maximum absolute atomic E-state index is 13.3. The lowest BCUT2D eigenvalue weighted by Gasteiger charge is -2.39. The lowest BCUT2D eigenvalue weighted by Crippen LogP contribution is -2.48. The second-order valence-corrected chi connectivity index (χ2v) is 10.5. The van der Waals surface area contributed by atoms with Crippen LogP contribution < -0.4 is 10.5 Å². The van der Waals surface area contributed by atoms with Gasteiger partial charge in [0.2, 0.25) is 0 Å². The third-order valence-electron chi connectivity index (χ3n) is 6.04. The van der Waals surface area contributed by atoms with E-state index in [-0.39, 0.29) is 29.2 Å². The van der Waals surface area contributed by atoms with E-state index in [0.29, 0.717) is 66.2 Å². The zero-order valence-corrected chi connectivity index (χ0v) is 22.8. The first kappa shape index (κ1) is 27.4. The Balaban J connectivity index is 2.12. The van der Waals surface area contributed by atoms with Gasteiger partial charge in [-0.15, -0.1) is 0 Å². The summed E-state index contributed by atoms with van der Waals surface area (Å²) in [5.41, 5.74) is 1.10. The Labute approximate surface area is 216 Å². The van der Waals surface area contributed by atoms with Gasteiger partial charge < -0.3 is 14.4 Å². The molecule has 2 aliphatic heterocycles. The molecule has 0 spiro atoms. The number of hydrogen-bond donors (Lipinski definition) is 0. The summed E-state index contributed by atoms with van der Waals surface area (Å²) in [6.45, 7) is 13.1. The molecule has 0 aliphatic carbocycles. The van der Waals surface area contributed by atoms with Gasteiger partial charge in [-0.25, -0.2) is 0 Å². The molecule has 0 N–H and O–H groups in total. The summed E-state index contributed by atoms with van der Waals surface area (Å²) < 4.78 is 13.5. The van der Waals surface area contributed by atoms with Crippen molar-refractivity contribution in [2.75, 3.05) is 37.7 Å². The molecule has 0 radical (unpaired) electrons. The molecule has 2 fully saturated rings. The Morgan fingerprint density at radius 1 is 1.23 bits per heavy atom. The van der Waals surface area contributed by atoms with E-state index >= 15 is 0 Å². The van der Waals surface area contributed by atoms with Gasteiger partial charge in [0.25, 0.3) is 11.5 Å². The minimum atomic E-state index is -0.297. The molecule has 0 aromatic carbocycles. The van der Waals surface area contributed by atoms with Crippen LogP contribution in [0.2, 0.25) is 0 Å². The summed E-state index contributed by atoms with van der Waals surface area (Å²) >= 11 is 6.76. The molecule has 1 amide bonds. The van der Waals surface area contributed by atoms with Crippen molar-refractivity contribution in [3.63, 3.8) is 0 Å². The van der Waals surface area contributed by atoms with Gasteiger partial charge in [-0.2, -0.15) is 5.26 Å². The first-order valence-corrected chi connectivity index (χ1v) is 13.4. The average molecular weight is 519 g/mol. The van der Waals surface area contributed by atoms with E-state index in [0.717, 1.165) is 12.2 Å². The second kappa shape index (κ2) is 12.2. The number of morpholine rings is 1. The fraction of sp³-hybridized carbons (Fsp3) is 0.600. The Kier molecular flexibility index (Phi) is 9.53. The largest absolute Gasteiger partial charge is 0.382 e. The standard InChI is InChI=1S/C25H34N4O4S2/c1-6-9-28-22(27-14-16(3)33-17(4)15-27)19(18(5)20(13-26)23(28)30)12-21-24(31)29(25(34)35-21)10-8-11-32-7-2/h12,16-17H,6-11,14-15H2,1-5H3. The van der Waals surface area contributed by atoms with Crippen LogP contribution in [0.4, 0.5) is 5.82 Å². The minimum absolute atomic E-state index is 0.0173. The second-order valence-electron chi connectivity index (χ2n) is 8.85. The molecule has 8 nitrogen and oxygen atoms in total. The van der Waals surface area contributed by atoms with E-state index in [1.807, 2.05) is 33.8 Å². The topological polar surface area (TPSA) is 87.8 Å². The van der Waals surface area contributed by atoms with Crippen molar-refractivity contribution < 1.29 is 14.3 Å². The van der Waals surface area contributed by atoms with Crippen molar-refractivity contribution in [1.82, 2.24) is 9.47 Å². The van der Waals surface area contributed by atoms with Crippen LogP contribution in [0.5, 0.6) is 0 Å². The molecule has 2 atom stereocenters. The number of ether oxygens (including phenoxy) is 2. The lowest BCUT2D eigenvalue weighted by molar-refractivity contribution is -0.122. The molecule has 3 rings (SSSR count). The molecule has 1 aromatic heterocycles. The maximum Gasteiger partial charge on any atom is 0.270 e. The molecule has 10 heteroatoms. The zero-order chi connectivity index (χ0) is 25.7. The van der Waals surface area contributed by atoms with Crippen LogP contribution in [0.1, 0.15) is 57.2 Å². The fourth-order valence-corrected chi connectivity index (χ4v) is 5.85. The lowest BCUT2D eigenvalue weighted by atomic mass is 10.0. The predicted octanol–water partition coefficient (Wildman–Crippen LogP) is 3.68. The van der Waals surface area contributed by atoms with Gasteiger partial charge in [-0.05, 0) is 52.2 Å². The number of pyridine rings is 1. The summed E-state index contributed by atoms with van der Waals surface area (Å²) in [5, 5.41) is 9.81. The number of nitrogens with zero attached hydrogens (tertiary/aromatic N) is 4. The van der Waals surface area contributed by atoms with Gasteiger partial charge in [0.1, 0.15) is 21.8 Å². The minimum Gasteiger partial charge on any atom is -0.382 e. The van der Waals surface area contributed by atoms with Gasteiger partial charge in [0.15, 0.2) is 0 Å². The highest BCUT2D eigenvalue weighted by Crippen LogP contribution is 2.36. The van der Waals surface area contributed by atoms with Gasteiger partial charge in [0.05, 0.1) is 17.1 Å². The zero-order valence-electron chi connectivity index (χ0n) is 21.1. The molecule has 35 heavy (non-hydrogen) atoms. The molecule has 2 unspecified atom stereocenters. The van der Waals surface area contributed by atoms with Crippen LogP contribution in [0.25, 0.3) is 6.08 Å². The molecule has 0 saturated carbocycles. The highest BCUT2D eigenvalue weighted by Gasteiger charge is 2.34. The first-order valence-electron chi connectivity index (χ1n) is 12.1. The Morgan fingerprint density at radius 2 is 1.91 bits per heavy atom. The van der Waals surface area contributed by atoms with Gasteiger partial charge >= 0.3 is 0 Å². The van der Waals surface area contributed by atoms with Crippen LogP contribution in [0.3, 0.4) is 0 Å². The number of carbonyl (C=O) groups is 1.